The molecule has 0 unspecified atom stereocenters. The lowest BCUT2D eigenvalue weighted by Gasteiger charge is -2.09. The van der Waals surface area contributed by atoms with Gasteiger partial charge >= 0.3 is 0 Å². The van der Waals surface area contributed by atoms with E-state index in [1.54, 1.807) is 42.4 Å². The van der Waals surface area contributed by atoms with Gasteiger partial charge in [0.15, 0.2) is 17.3 Å². The third-order valence-electron chi connectivity index (χ3n) is 4.46. The van der Waals surface area contributed by atoms with Gasteiger partial charge < -0.3 is 19.2 Å². The van der Waals surface area contributed by atoms with Gasteiger partial charge in [-0.05, 0) is 42.0 Å². The quantitative estimate of drug-likeness (QED) is 0.419. The Morgan fingerprint density at radius 3 is 2.74 bits per heavy atom. The van der Waals surface area contributed by atoms with Gasteiger partial charge in [0.1, 0.15) is 12.4 Å². The third kappa shape index (κ3) is 5.26. The van der Waals surface area contributed by atoms with Crippen molar-refractivity contribution in [2.75, 3.05) is 12.4 Å². The Labute approximate surface area is 184 Å². The van der Waals surface area contributed by atoms with E-state index in [0.717, 1.165) is 5.56 Å². The first kappa shape index (κ1) is 20.6. The lowest BCUT2D eigenvalue weighted by Crippen LogP contribution is -2.11. The molecule has 0 atom stereocenters. The molecule has 0 aliphatic heterocycles. The Kier molecular flexibility index (Phi) is 6.24. The summed E-state index contributed by atoms with van der Waals surface area (Å²) >= 11 is 5.90. The highest BCUT2D eigenvalue weighted by Crippen LogP contribution is 2.27. The maximum absolute atomic E-state index is 12.6. The minimum atomic E-state index is -0.345. The fraction of sp³-hybridized carbons (Fsp3) is 0.130. The number of hydrogen-bond donors (Lipinski definition) is 1. The average molecular weight is 438 g/mol. The second-order valence-corrected chi connectivity index (χ2v) is 7.15. The summed E-state index contributed by atoms with van der Waals surface area (Å²) in [5.74, 6) is 1.61. The highest BCUT2D eigenvalue weighted by atomic mass is 35.5. The van der Waals surface area contributed by atoms with Crippen LogP contribution in [-0.2, 0) is 13.2 Å². The summed E-state index contributed by atoms with van der Waals surface area (Å²) in [7, 11) is 1.58. The van der Waals surface area contributed by atoms with Gasteiger partial charge in [0.25, 0.3) is 5.91 Å². The van der Waals surface area contributed by atoms with Crippen LogP contribution in [0.2, 0.25) is 5.02 Å². The smallest absolute Gasteiger partial charge is 0.291 e. The Morgan fingerprint density at radius 2 is 1.97 bits per heavy atom. The minimum Gasteiger partial charge on any atom is -0.493 e. The second kappa shape index (κ2) is 9.40. The van der Waals surface area contributed by atoms with Crippen LogP contribution in [0.5, 0.6) is 11.5 Å². The molecule has 0 radical (unpaired) electrons. The molecule has 0 bridgehead atoms. The standard InChI is InChI=1S/C23H20ClN3O4/c1-29-20-7-2-3-8-21(20)30-15-19-9-10-22(31-19)23(28)26-18-6-4-5-16(11-18)13-27-14-17(24)12-25-27/h2-12,14H,13,15H2,1H3,(H,26,28). The number of para-hydroxylation sites is 2. The van der Waals surface area contributed by atoms with Crippen LogP contribution in [0.1, 0.15) is 21.9 Å². The van der Waals surface area contributed by atoms with Crippen LogP contribution in [0, 0.1) is 0 Å². The number of nitrogens with zero attached hydrogens (tertiary/aromatic N) is 2. The number of halogens is 1. The molecule has 0 saturated carbocycles. The van der Waals surface area contributed by atoms with E-state index in [1.807, 2.05) is 42.5 Å². The number of hydrogen-bond acceptors (Lipinski definition) is 5. The van der Waals surface area contributed by atoms with E-state index in [9.17, 15) is 4.79 Å². The summed E-state index contributed by atoms with van der Waals surface area (Å²) in [6, 6.07) is 18.2. The van der Waals surface area contributed by atoms with Crippen molar-refractivity contribution in [3.63, 3.8) is 0 Å². The fourth-order valence-corrected chi connectivity index (χ4v) is 3.17. The van der Waals surface area contributed by atoms with E-state index in [4.69, 9.17) is 25.5 Å². The molecule has 158 valence electrons. The molecule has 0 saturated heterocycles. The van der Waals surface area contributed by atoms with E-state index in [0.29, 0.717) is 34.5 Å². The number of amides is 1. The second-order valence-electron chi connectivity index (χ2n) is 6.72. The number of rotatable bonds is 8. The molecular formula is C23H20ClN3O4. The first-order chi connectivity index (χ1) is 15.1. The van der Waals surface area contributed by atoms with Crippen LogP contribution in [0.25, 0.3) is 0 Å². The van der Waals surface area contributed by atoms with Crippen molar-refractivity contribution in [3.05, 3.63) is 95.2 Å². The predicted octanol–water partition coefficient (Wildman–Crippen LogP) is 5.02. The monoisotopic (exact) mass is 437 g/mol. The van der Waals surface area contributed by atoms with E-state index in [2.05, 4.69) is 10.4 Å². The molecule has 0 fully saturated rings. The van der Waals surface area contributed by atoms with Crippen molar-refractivity contribution < 1.29 is 18.7 Å². The number of aromatic nitrogens is 2. The molecule has 4 rings (SSSR count). The van der Waals surface area contributed by atoms with Crippen molar-refractivity contribution in [2.45, 2.75) is 13.2 Å². The molecule has 2 aromatic carbocycles. The zero-order valence-corrected chi connectivity index (χ0v) is 17.5. The summed E-state index contributed by atoms with van der Waals surface area (Å²) in [4.78, 5) is 12.6. The van der Waals surface area contributed by atoms with E-state index >= 15 is 0 Å². The summed E-state index contributed by atoms with van der Waals surface area (Å²) in [5.41, 5.74) is 1.63. The Balaban J connectivity index is 1.37. The molecule has 0 aliphatic rings. The number of carbonyl (C=O) groups is 1. The summed E-state index contributed by atoms with van der Waals surface area (Å²) in [5, 5.41) is 7.59. The van der Waals surface area contributed by atoms with Crippen LogP contribution >= 0.6 is 11.6 Å². The van der Waals surface area contributed by atoms with Crippen molar-refractivity contribution in [1.82, 2.24) is 9.78 Å². The first-order valence-corrected chi connectivity index (χ1v) is 9.91. The SMILES string of the molecule is COc1ccccc1OCc1ccc(C(=O)Nc2cccc(Cn3cc(Cl)cn3)c2)o1. The Hall–Kier alpha value is -3.71. The first-order valence-electron chi connectivity index (χ1n) is 9.53. The van der Waals surface area contributed by atoms with Crippen LogP contribution in [0.15, 0.2) is 77.5 Å². The highest BCUT2D eigenvalue weighted by Gasteiger charge is 2.13. The Bertz CT molecular complexity index is 1180. The molecule has 2 aromatic heterocycles. The zero-order chi connectivity index (χ0) is 21.6. The highest BCUT2D eigenvalue weighted by molar-refractivity contribution is 6.30. The average Bonchev–Trinajstić information content (AvgIpc) is 3.42. The fourth-order valence-electron chi connectivity index (χ4n) is 3.02. The lowest BCUT2D eigenvalue weighted by molar-refractivity contribution is 0.0992. The third-order valence-corrected chi connectivity index (χ3v) is 4.65. The van der Waals surface area contributed by atoms with Crippen LogP contribution in [0.3, 0.4) is 0 Å². The molecule has 0 aliphatic carbocycles. The van der Waals surface area contributed by atoms with Crippen LogP contribution in [0.4, 0.5) is 5.69 Å². The number of methoxy groups -OCH3 is 1. The number of benzene rings is 2. The van der Waals surface area contributed by atoms with E-state index in [1.165, 1.54) is 0 Å². The van der Waals surface area contributed by atoms with Gasteiger partial charge in [-0.2, -0.15) is 5.10 Å². The molecule has 4 aromatic rings. The van der Waals surface area contributed by atoms with Crippen molar-refractivity contribution in [1.29, 1.82) is 0 Å². The molecule has 1 amide bonds. The van der Waals surface area contributed by atoms with Gasteiger partial charge in [-0.1, -0.05) is 35.9 Å². The summed E-state index contributed by atoms with van der Waals surface area (Å²) < 4.78 is 18.4. The van der Waals surface area contributed by atoms with Crippen molar-refractivity contribution >= 4 is 23.2 Å². The van der Waals surface area contributed by atoms with Crippen molar-refractivity contribution in [2.24, 2.45) is 0 Å². The summed E-state index contributed by atoms with van der Waals surface area (Å²) in [6.07, 6.45) is 3.32. The summed E-state index contributed by atoms with van der Waals surface area (Å²) in [6.45, 7) is 0.719. The molecule has 7 nitrogen and oxygen atoms in total. The van der Waals surface area contributed by atoms with Gasteiger partial charge in [-0.15, -0.1) is 0 Å². The Morgan fingerprint density at radius 1 is 1.13 bits per heavy atom. The molecule has 2 heterocycles. The topological polar surface area (TPSA) is 78.5 Å². The van der Waals surface area contributed by atoms with Gasteiger partial charge in [-0.3, -0.25) is 9.48 Å². The number of carbonyl (C=O) groups excluding carboxylic acids is 1. The molecule has 1 N–H and O–H groups in total. The maximum atomic E-state index is 12.6. The number of ether oxygens (including phenoxy) is 2. The van der Waals surface area contributed by atoms with Gasteiger partial charge in [0, 0.05) is 11.9 Å². The van der Waals surface area contributed by atoms with E-state index in [-0.39, 0.29) is 18.3 Å². The molecule has 31 heavy (non-hydrogen) atoms. The number of nitrogens with one attached hydrogen (secondary N) is 1. The van der Waals surface area contributed by atoms with Crippen molar-refractivity contribution in [3.8, 4) is 11.5 Å². The lowest BCUT2D eigenvalue weighted by atomic mass is 10.2. The normalized spacial score (nSPS) is 10.6. The van der Waals surface area contributed by atoms with Crippen LogP contribution < -0.4 is 14.8 Å². The number of furan rings is 1. The molecule has 0 spiro atoms. The maximum Gasteiger partial charge on any atom is 0.291 e. The predicted molar refractivity (Wildman–Crippen MR) is 117 cm³/mol. The van der Waals surface area contributed by atoms with Gasteiger partial charge in [0.2, 0.25) is 0 Å². The zero-order valence-electron chi connectivity index (χ0n) is 16.7. The largest absolute Gasteiger partial charge is 0.493 e. The molecule has 8 heteroatoms. The van der Waals surface area contributed by atoms with Gasteiger partial charge in [-0.25, -0.2) is 0 Å². The number of anilines is 1. The van der Waals surface area contributed by atoms with Gasteiger partial charge in [0.05, 0.1) is 24.9 Å². The molecular weight excluding hydrogens is 418 g/mol. The van der Waals surface area contributed by atoms with E-state index < -0.39 is 0 Å². The van der Waals surface area contributed by atoms with Crippen LogP contribution in [-0.4, -0.2) is 22.8 Å². The minimum absolute atomic E-state index is 0.176.